The molecule has 8 heteroatoms. The highest BCUT2D eigenvalue weighted by Gasteiger charge is 2.17. The van der Waals surface area contributed by atoms with E-state index in [0.717, 1.165) is 18.8 Å². The van der Waals surface area contributed by atoms with Gasteiger partial charge in [-0.3, -0.25) is 4.79 Å². The summed E-state index contributed by atoms with van der Waals surface area (Å²) in [6, 6.07) is 9.59. The minimum absolute atomic E-state index is 0.0745. The molecular weight excluding hydrogens is 342 g/mol. The molecule has 134 valence electrons. The van der Waals surface area contributed by atoms with E-state index in [9.17, 15) is 4.79 Å². The van der Waals surface area contributed by atoms with Gasteiger partial charge in [-0.2, -0.15) is 15.0 Å². The highest BCUT2D eigenvalue weighted by molar-refractivity contribution is 6.28. The Bertz CT molecular complexity index is 695. The quantitative estimate of drug-likeness (QED) is 0.731. The lowest BCUT2D eigenvalue weighted by Crippen LogP contribution is -2.27. The number of benzene rings is 1. The molecule has 0 spiro atoms. The number of hydrogen-bond donors (Lipinski definition) is 1. The highest BCUT2D eigenvalue weighted by atomic mass is 35.5. The van der Waals surface area contributed by atoms with Crippen molar-refractivity contribution in [3.8, 4) is 0 Å². The Morgan fingerprint density at radius 2 is 1.72 bits per heavy atom. The second kappa shape index (κ2) is 9.17. The lowest BCUT2D eigenvalue weighted by Gasteiger charge is -2.25. The zero-order chi connectivity index (χ0) is 18.2. The van der Waals surface area contributed by atoms with Crippen LogP contribution in [0.2, 0.25) is 5.28 Å². The highest BCUT2D eigenvalue weighted by Crippen LogP contribution is 2.25. The summed E-state index contributed by atoms with van der Waals surface area (Å²) in [6.07, 6.45) is 0.541. The minimum atomic E-state index is -0.828. The van der Waals surface area contributed by atoms with Gasteiger partial charge in [-0.15, -0.1) is 0 Å². The summed E-state index contributed by atoms with van der Waals surface area (Å²) in [5, 5.41) is 9.02. The molecule has 0 radical (unpaired) electrons. The molecule has 0 bridgehead atoms. The summed E-state index contributed by atoms with van der Waals surface area (Å²) in [6.45, 7) is 6.00. The number of halogens is 1. The van der Waals surface area contributed by atoms with Crippen molar-refractivity contribution in [1.29, 1.82) is 0 Å². The molecule has 1 heterocycles. The van der Waals surface area contributed by atoms with Gasteiger partial charge in [-0.25, -0.2) is 0 Å². The molecule has 2 aromatic rings. The maximum absolute atomic E-state index is 10.8. The summed E-state index contributed by atoms with van der Waals surface area (Å²) in [4.78, 5) is 27.7. The van der Waals surface area contributed by atoms with E-state index < -0.39 is 5.97 Å². The number of carboxylic acid groups (broad SMARTS) is 1. The first-order valence-electron chi connectivity index (χ1n) is 8.26. The van der Waals surface area contributed by atoms with Crippen molar-refractivity contribution in [2.45, 2.75) is 26.7 Å². The first-order valence-corrected chi connectivity index (χ1v) is 8.63. The summed E-state index contributed by atoms with van der Waals surface area (Å²) >= 11 is 6.11. The zero-order valence-electron chi connectivity index (χ0n) is 14.4. The molecule has 0 saturated heterocycles. The Morgan fingerprint density at radius 3 is 2.32 bits per heavy atom. The SMILES string of the molecule is CCN(CC)c1nc(Cl)nc(N(CCCC(=O)O)c2ccccc2)n1. The third kappa shape index (κ3) is 5.29. The molecular formula is C17H22ClN5O2. The van der Waals surface area contributed by atoms with Crippen molar-refractivity contribution in [2.24, 2.45) is 0 Å². The Labute approximate surface area is 152 Å². The maximum Gasteiger partial charge on any atom is 0.303 e. The third-order valence-corrected chi connectivity index (χ3v) is 3.88. The van der Waals surface area contributed by atoms with Gasteiger partial charge in [-0.05, 0) is 44.0 Å². The smallest absolute Gasteiger partial charge is 0.303 e. The third-order valence-electron chi connectivity index (χ3n) is 3.71. The Hall–Kier alpha value is -2.41. The second-order valence-electron chi connectivity index (χ2n) is 5.36. The number of anilines is 3. The van der Waals surface area contributed by atoms with Crippen LogP contribution in [0, 0.1) is 0 Å². The standard InChI is InChI=1S/C17H22ClN5O2/c1-3-22(4-2)16-19-15(18)20-17(21-16)23(12-8-11-14(24)25)13-9-6-5-7-10-13/h5-7,9-10H,3-4,8,11-12H2,1-2H3,(H,24,25). The van der Waals surface area contributed by atoms with E-state index in [1.54, 1.807) is 0 Å². The minimum Gasteiger partial charge on any atom is -0.481 e. The largest absolute Gasteiger partial charge is 0.481 e. The van der Waals surface area contributed by atoms with Crippen molar-refractivity contribution in [3.63, 3.8) is 0 Å². The molecule has 0 aliphatic carbocycles. The Kier molecular flexibility index (Phi) is 6.94. The molecule has 1 N–H and O–H groups in total. The van der Waals surface area contributed by atoms with E-state index in [1.165, 1.54) is 0 Å². The van der Waals surface area contributed by atoms with E-state index in [-0.39, 0.29) is 11.7 Å². The molecule has 0 aliphatic rings. The van der Waals surface area contributed by atoms with Gasteiger partial charge in [0.25, 0.3) is 0 Å². The number of hydrogen-bond acceptors (Lipinski definition) is 6. The fourth-order valence-electron chi connectivity index (χ4n) is 2.44. The normalized spacial score (nSPS) is 10.5. The average molecular weight is 364 g/mol. The van der Waals surface area contributed by atoms with Gasteiger partial charge in [-0.1, -0.05) is 18.2 Å². The van der Waals surface area contributed by atoms with Crippen LogP contribution in [0.15, 0.2) is 30.3 Å². The van der Waals surface area contributed by atoms with Crippen molar-refractivity contribution in [1.82, 2.24) is 15.0 Å². The van der Waals surface area contributed by atoms with Gasteiger partial charge in [0.1, 0.15) is 0 Å². The fourth-order valence-corrected chi connectivity index (χ4v) is 2.59. The molecule has 1 aromatic heterocycles. The predicted octanol–water partition coefficient (Wildman–Crippen LogP) is 3.37. The molecule has 0 amide bonds. The van der Waals surface area contributed by atoms with Gasteiger partial charge in [0.05, 0.1) is 0 Å². The Morgan fingerprint density at radius 1 is 1.08 bits per heavy atom. The van der Waals surface area contributed by atoms with Gasteiger partial charge in [0.2, 0.25) is 17.2 Å². The number of rotatable bonds is 9. The number of aliphatic carboxylic acids is 1. The summed E-state index contributed by atoms with van der Waals surface area (Å²) in [5.74, 6) is 0.100. The van der Waals surface area contributed by atoms with Crippen LogP contribution < -0.4 is 9.80 Å². The number of carboxylic acids is 1. The zero-order valence-corrected chi connectivity index (χ0v) is 15.1. The van der Waals surface area contributed by atoms with E-state index in [2.05, 4.69) is 15.0 Å². The molecule has 2 rings (SSSR count). The number of para-hydroxylation sites is 1. The van der Waals surface area contributed by atoms with E-state index in [0.29, 0.717) is 24.9 Å². The monoisotopic (exact) mass is 363 g/mol. The van der Waals surface area contributed by atoms with Crippen molar-refractivity contribution < 1.29 is 9.90 Å². The summed E-state index contributed by atoms with van der Waals surface area (Å²) in [5.41, 5.74) is 0.876. The maximum atomic E-state index is 10.8. The molecule has 0 aliphatic heterocycles. The van der Waals surface area contributed by atoms with Crippen LogP contribution in [0.3, 0.4) is 0 Å². The fraction of sp³-hybridized carbons (Fsp3) is 0.412. The van der Waals surface area contributed by atoms with Gasteiger partial charge in [0, 0.05) is 31.7 Å². The van der Waals surface area contributed by atoms with Crippen molar-refractivity contribution >= 4 is 35.2 Å². The molecule has 0 atom stereocenters. The molecule has 25 heavy (non-hydrogen) atoms. The van der Waals surface area contributed by atoms with Crippen LogP contribution in [0.1, 0.15) is 26.7 Å². The van der Waals surface area contributed by atoms with Gasteiger partial charge < -0.3 is 14.9 Å². The first-order chi connectivity index (χ1) is 12.0. The molecule has 0 fully saturated rings. The number of nitrogens with zero attached hydrogens (tertiary/aromatic N) is 5. The average Bonchev–Trinajstić information content (AvgIpc) is 2.60. The van der Waals surface area contributed by atoms with Crippen molar-refractivity contribution in [3.05, 3.63) is 35.6 Å². The molecule has 0 saturated carbocycles. The van der Waals surface area contributed by atoms with Crippen LogP contribution in [-0.4, -0.2) is 45.7 Å². The van der Waals surface area contributed by atoms with Gasteiger partial charge >= 0.3 is 5.97 Å². The number of aromatic nitrogens is 3. The van der Waals surface area contributed by atoms with Gasteiger partial charge in [0.15, 0.2) is 0 Å². The van der Waals surface area contributed by atoms with Crippen LogP contribution in [0.4, 0.5) is 17.6 Å². The van der Waals surface area contributed by atoms with Crippen LogP contribution in [0.5, 0.6) is 0 Å². The van der Waals surface area contributed by atoms with Crippen LogP contribution in [-0.2, 0) is 4.79 Å². The molecule has 7 nitrogen and oxygen atoms in total. The lowest BCUT2D eigenvalue weighted by atomic mass is 10.2. The second-order valence-corrected chi connectivity index (χ2v) is 5.70. The van der Waals surface area contributed by atoms with Crippen LogP contribution in [0.25, 0.3) is 0 Å². The first kappa shape index (κ1) is 18.9. The van der Waals surface area contributed by atoms with E-state index in [1.807, 2.05) is 54.0 Å². The Balaban J connectivity index is 2.37. The predicted molar refractivity (Wildman–Crippen MR) is 98.7 cm³/mol. The van der Waals surface area contributed by atoms with E-state index in [4.69, 9.17) is 16.7 Å². The molecule has 0 unspecified atom stereocenters. The topological polar surface area (TPSA) is 82.5 Å². The van der Waals surface area contributed by atoms with Crippen molar-refractivity contribution in [2.75, 3.05) is 29.4 Å². The summed E-state index contributed by atoms with van der Waals surface area (Å²) < 4.78 is 0. The van der Waals surface area contributed by atoms with Crippen LogP contribution >= 0.6 is 11.6 Å². The van der Waals surface area contributed by atoms with E-state index >= 15 is 0 Å². The number of carbonyl (C=O) groups is 1. The summed E-state index contributed by atoms with van der Waals surface area (Å²) in [7, 11) is 0. The lowest BCUT2D eigenvalue weighted by molar-refractivity contribution is -0.137. The molecule has 1 aromatic carbocycles.